The number of rotatable bonds is 4. The first-order chi connectivity index (χ1) is 9.47. The topological polar surface area (TPSA) is 9.23 Å². The fourth-order valence-electron chi connectivity index (χ4n) is 1.71. The summed E-state index contributed by atoms with van der Waals surface area (Å²) in [6.45, 7) is -2.90. The van der Waals surface area contributed by atoms with Crippen LogP contribution in [0.3, 0.4) is 0 Å². The van der Waals surface area contributed by atoms with E-state index in [4.69, 9.17) is 0 Å². The highest BCUT2D eigenvalue weighted by atomic mass is 79.9. The molecule has 2 aromatic carbocycles. The fourth-order valence-corrected chi connectivity index (χ4v) is 2.36. The molecule has 0 spiro atoms. The highest BCUT2D eigenvalue weighted by Crippen LogP contribution is 2.33. The van der Waals surface area contributed by atoms with Crippen LogP contribution in [0, 0.1) is 11.6 Å². The Morgan fingerprint density at radius 1 is 0.950 bits per heavy atom. The normalized spacial score (nSPS) is 12.5. The molecule has 6 heteroatoms. The number of halogens is 5. The van der Waals surface area contributed by atoms with Crippen molar-refractivity contribution in [2.45, 2.75) is 11.4 Å². The van der Waals surface area contributed by atoms with Gasteiger partial charge in [0.05, 0.1) is 4.83 Å². The van der Waals surface area contributed by atoms with E-state index in [-0.39, 0.29) is 11.3 Å². The summed E-state index contributed by atoms with van der Waals surface area (Å²) in [4.78, 5) is -0.584. The van der Waals surface area contributed by atoms with Crippen LogP contribution in [-0.4, -0.2) is 6.61 Å². The molecule has 106 valence electrons. The number of alkyl halides is 3. The molecule has 0 aliphatic heterocycles. The first kappa shape index (κ1) is 14.8. The molecule has 1 atom stereocenters. The standard InChI is InChI=1S/C14H9BrF4O/c15-13(11-7-9(16)3-6-12(11)17)8-1-4-10(5-2-8)20-14(18)19/h1-7,13-14H. The number of benzene rings is 2. The van der Waals surface area contributed by atoms with Gasteiger partial charge in [-0.05, 0) is 35.9 Å². The van der Waals surface area contributed by atoms with Crippen LogP contribution in [0.1, 0.15) is 16.0 Å². The molecule has 0 amide bonds. The van der Waals surface area contributed by atoms with E-state index in [1.807, 2.05) is 0 Å². The Bertz CT molecular complexity index is 586. The molecule has 1 unspecified atom stereocenters. The lowest BCUT2D eigenvalue weighted by molar-refractivity contribution is -0.0498. The van der Waals surface area contributed by atoms with E-state index in [2.05, 4.69) is 20.7 Å². The minimum Gasteiger partial charge on any atom is -0.435 e. The van der Waals surface area contributed by atoms with Crippen molar-refractivity contribution < 1.29 is 22.3 Å². The smallest absolute Gasteiger partial charge is 0.387 e. The third kappa shape index (κ3) is 3.50. The van der Waals surface area contributed by atoms with Crippen LogP contribution >= 0.6 is 15.9 Å². The van der Waals surface area contributed by atoms with E-state index in [1.54, 1.807) is 0 Å². The zero-order valence-corrected chi connectivity index (χ0v) is 11.6. The summed E-state index contributed by atoms with van der Waals surface area (Å²) >= 11 is 3.26. The predicted octanol–water partition coefficient (Wildman–Crippen LogP) is 5.05. The van der Waals surface area contributed by atoms with Gasteiger partial charge in [-0.3, -0.25) is 0 Å². The minimum absolute atomic E-state index is 0.00293. The van der Waals surface area contributed by atoms with Gasteiger partial charge in [-0.15, -0.1) is 0 Å². The van der Waals surface area contributed by atoms with Crippen molar-refractivity contribution in [3.63, 3.8) is 0 Å². The first-order valence-electron chi connectivity index (χ1n) is 5.61. The summed E-state index contributed by atoms with van der Waals surface area (Å²) in [5.74, 6) is -1.10. The average Bonchev–Trinajstić information content (AvgIpc) is 2.41. The second-order valence-corrected chi connectivity index (χ2v) is 4.89. The lowest BCUT2D eigenvalue weighted by atomic mass is 10.0. The van der Waals surface area contributed by atoms with Gasteiger partial charge in [0, 0.05) is 5.56 Å². The van der Waals surface area contributed by atoms with Gasteiger partial charge in [0.2, 0.25) is 0 Å². The largest absolute Gasteiger partial charge is 0.435 e. The molecule has 1 nitrogen and oxygen atoms in total. The van der Waals surface area contributed by atoms with Gasteiger partial charge in [0.15, 0.2) is 0 Å². The molecule has 0 aromatic heterocycles. The molecule has 0 fully saturated rings. The average molecular weight is 349 g/mol. The zero-order chi connectivity index (χ0) is 14.7. The molecular weight excluding hydrogens is 340 g/mol. The molecule has 0 aliphatic carbocycles. The van der Waals surface area contributed by atoms with Crippen LogP contribution in [0.25, 0.3) is 0 Å². The van der Waals surface area contributed by atoms with Crippen molar-refractivity contribution in [2.75, 3.05) is 0 Å². The van der Waals surface area contributed by atoms with Crippen LogP contribution in [0.4, 0.5) is 17.6 Å². The van der Waals surface area contributed by atoms with Crippen LogP contribution in [0.2, 0.25) is 0 Å². The Hall–Kier alpha value is -1.56. The van der Waals surface area contributed by atoms with Gasteiger partial charge in [0.25, 0.3) is 0 Å². The Morgan fingerprint density at radius 2 is 1.60 bits per heavy atom. The summed E-state index contributed by atoms with van der Waals surface area (Å²) in [6, 6.07) is 8.83. The predicted molar refractivity (Wildman–Crippen MR) is 70.2 cm³/mol. The Balaban J connectivity index is 2.24. The van der Waals surface area contributed by atoms with Crippen molar-refractivity contribution in [2.24, 2.45) is 0 Å². The van der Waals surface area contributed by atoms with E-state index >= 15 is 0 Å². The minimum atomic E-state index is -2.90. The third-order valence-electron chi connectivity index (χ3n) is 2.63. The molecule has 2 aromatic rings. The second kappa shape index (κ2) is 6.26. The maximum absolute atomic E-state index is 13.6. The van der Waals surface area contributed by atoms with Crippen molar-refractivity contribution in [3.05, 3.63) is 65.2 Å². The van der Waals surface area contributed by atoms with Crippen molar-refractivity contribution in [1.29, 1.82) is 0 Å². The molecule has 0 radical (unpaired) electrons. The van der Waals surface area contributed by atoms with Crippen LogP contribution in [0.5, 0.6) is 5.75 Å². The fraction of sp³-hybridized carbons (Fsp3) is 0.143. The van der Waals surface area contributed by atoms with Crippen molar-refractivity contribution in [3.8, 4) is 5.75 Å². The SMILES string of the molecule is Fc1ccc(F)c(C(Br)c2ccc(OC(F)F)cc2)c1. The number of hydrogen-bond donors (Lipinski definition) is 0. The second-order valence-electron chi connectivity index (χ2n) is 3.98. The maximum Gasteiger partial charge on any atom is 0.387 e. The quantitative estimate of drug-likeness (QED) is 0.554. The molecular formula is C14H9BrF4O. The third-order valence-corrected chi connectivity index (χ3v) is 3.65. The van der Waals surface area contributed by atoms with E-state index < -0.39 is 23.1 Å². The number of hydrogen-bond acceptors (Lipinski definition) is 1. The van der Waals surface area contributed by atoms with Gasteiger partial charge in [0.1, 0.15) is 17.4 Å². The van der Waals surface area contributed by atoms with Crippen LogP contribution in [-0.2, 0) is 0 Å². The lowest BCUT2D eigenvalue weighted by Crippen LogP contribution is -2.02. The molecule has 0 N–H and O–H groups in total. The highest BCUT2D eigenvalue weighted by molar-refractivity contribution is 9.09. The van der Waals surface area contributed by atoms with Crippen LogP contribution < -0.4 is 4.74 Å². The Labute approximate surface area is 121 Å². The Morgan fingerprint density at radius 3 is 2.20 bits per heavy atom. The monoisotopic (exact) mass is 348 g/mol. The van der Waals surface area contributed by atoms with E-state index in [0.29, 0.717) is 5.56 Å². The van der Waals surface area contributed by atoms with E-state index in [0.717, 1.165) is 18.2 Å². The summed E-state index contributed by atoms with van der Waals surface area (Å²) in [6.07, 6.45) is 0. The summed E-state index contributed by atoms with van der Waals surface area (Å²) < 4.78 is 55.0. The molecule has 0 bridgehead atoms. The van der Waals surface area contributed by atoms with Crippen molar-refractivity contribution >= 4 is 15.9 Å². The first-order valence-corrected chi connectivity index (χ1v) is 6.52. The van der Waals surface area contributed by atoms with Gasteiger partial charge >= 0.3 is 6.61 Å². The van der Waals surface area contributed by atoms with Gasteiger partial charge in [-0.1, -0.05) is 28.1 Å². The zero-order valence-electron chi connectivity index (χ0n) is 9.99. The van der Waals surface area contributed by atoms with Gasteiger partial charge in [-0.25, -0.2) is 8.78 Å². The van der Waals surface area contributed by atoms with E-state index in [1.165, 1.54) is 24.3 Å². The molecule has 0 aliphatic rings. The summed E-state index contributed by atoms with van der Waals surface area (Å²) in [7, 11) is 0. The summed E-state index contributed by atoms with van der Waals surface area (Å²) in [5.41, 5.74) is 0.726. The van der Waals surface area contributed by atoms with Gasteiger partial charge < -0.3 is 4.74 Å². The van der Waals surface area contributed by atoms with Crippen molar-refractivity contribution in [1.82, 2.24) is 0 Å². The Kier molecular flexibility index (Phi) is 4.65. The molecule has 0 heterocycles. The number of ether oxygens (including phenoxy) is 1. The lowest BCUT2D eigenvalue weighted by Gasteiger charge is -2.13. The molecule has 2 rings (SSSR count). The van der Waals surface area contributed by atoms with Crippen LogP contribution in [0.15, 0.2) is 42.5 Å². The molecule has 20 heavy (non-hydrogen) atoms. The molecule has 0 saturated carbocycles. The van der Waals surface area contributed by atoms with E-state index in [9.17, 15) is 17.6 Å². The summed E-state index contributed by atoms with van der Waals surface area (Å²) in [5, 5.41) is 0. The molecule has 0 saturated heterocycles. The van der Waals surface area contributed by atoms with Gasteiger partial charge in [-0.2, -0.15) is 8.78 Å². The maximum atomic E-state index is 13.6. The highest BCUT2D eigenvalue weighted by Gasteiger charge is 2.16.